The van der Waals surface area contributed by atoms with E-state index in [1.54, 1.807) is 73.1 Å². The standard InChI is InChI=1S/C26H22N4O3S/c31-20(18-9-2-1-3-10-18)17-19(21-11-8-16-34-21)24(25(32)29-22-12-4-6-14-27-22)26(33)30-23-13-5-7-15-28-23/h1-16,19,24H,17H2,(H,27,29,32)(H,28,30,33). The maximum Gasteiger partial charge on any atom is 0.238 e. The predicted molar refractivity (Wildman–Crippen MR) is 132 cm³/mol. The molecular weight excluding hydrogens is 448 g/mol. The van der Waals surface area contributed by atoms with Crippen LogP contribution in [0.25, 0.3) is 0 Å². The van der Waals surface area contributed by atoms with Crippen LogP contribution in [0.3, 0.4) is 0 Å². The van der Waals surface area contributed by atoms with Crippen molar-refractivity contribution in [3.63, 3.8) is 0 Å². The first-order valence-electron chi connectivity index (χ1n) is 10.7. The highest BCUT2D eigenvalue weighted by Gasteiger charge is 2.38. The van der Waals surface area contributed by atoms with Gasteiger partial charge >= 0.3 is 0 Å². The maximum absolute atomic E-state index is 13.5. The van der Waals surface area contributed by atoms with E-state index in [-0.39, 0.29) is 12.2 Å². The molecule has 0 saturated carbocycles. The highest BCUT2D eigenvalue weighted by atomic mass is 32.1. The summed E-state index contributed by atoms with van der Waals surface area (Å²) in [5, 5.41) is 7.31. The van der Waals surface area contributed by atoms with Gasteiger partial charge in [0.15, 0.2) is 5.78 Å². The highest BCUT2D eigenvalue weighted by Crippen LogP contribution is 2.34. The summed E-state index contributed by atoms with van der Waals surface area (Å²) in [6, 6.07) is 22.7. The third-order valence-electron chi connectivity index (χ3n) is 5.21. The molecule has 1 unspecified atom stereocenters. The van der Waals surface area contributed by atoms with E-state index >= 15 is 0 Å². The van der Waals surface area contributed by atoms with Crippen molar-refractivity contribution in [3.8, 4) is 0 Å². The molecule has 1 aromatic carbocycles. The molecule has 7 nitrogen and oxygen atoms in total. The van der Waals surface area contributed by atoms with Crippen LogP contribution in [0.15, 0.2) is 96.6 Å². The van der Waals surface area contributed by atoms with Crippen molar-refractivity contribution in [3.05, 3.63) is 107 Å². The first kappa shape index (κ1) is 23.0. The Hall–Kier alpha value is -4.17. The Kier molecular flexibility index (Phi) is 7.52. The third kappa shape index (κ3) is 5.79. The summed E-state index contributed by atoms with van der Waals surface area (Å²) in [5.41, 5.74) is 0.526. The SMILES string of the molecule is O=C(CC(c1cccs1)C(C(=O)Nc1ccccn1)C(=O)Nc1ccccn1)c1ccccc1. The minimum absolute atomic E-state index is 0.0134. The molecule has 0 aliphatic heterocycles. The summed E-state index contributed by atoms with van der Waals surface area (Å²) in [5.74, 6) is -2.49. The van der Waals surface area contributed by atoms with E-state index in [9.17, 15) is 14.4 Å². The lowest BCUT2D eigenvalue weighted by molar-refractivity contribution is -0.130. The topological polar surface area (TPSA) is 101 Å². The normalized spacial score (nSPS) is 11.6. The van der Waals surface area contributed by atoms with Crippen LogP contribution in [0.4, 0.5) is 11.6 Å². The summed E-state index contributed by atoms with van der Waals surface area (Å²) in [6.07, 6.45) is 3.09. The van der Waals surface area contributed by atoms with Gasteiger partial charge in [-0.3, -0.25) is 14.4 Å². The minimum Gasteiger partial charge on any atom is -0.310 e. The molecular formula is C26H22N4O3S. The fourth-order valence-corrected chi connectivity index (χ4v) is 4.46. The lowest BCUT2D eigenvalue weighted by Crippen LogP contribution is -2.39. The number of ketones is 1. The van der Waals surface area contributed by atoms with E-state index in [0.29, 0.717) is 17.2 Å². The first-order valence-corrected chi connectivity index (χ1v) is 11.5. The molecule has 34 heavy (non-hydrogen) atoms. The zero-order valence-electron chi connectivity index (χ0n) is 18.1. The smallest absolute Gasteiger partial charge is 0.238 e. The van der Waals surface area contributed by atoms with Crippen LogP contribution in [0.1, 0.15) is 27.6 Å². The zero-order valence-corrected chi connectivity index (χ0v) is 18.9. The van der Waals surface area contributed by atoms with E-state index in [0.717, 1.165) is 4.88 Å². The van der Waals surface area contributed by atoms with E-state index < -0.39 is 23.7 Å². The average molecular weight is 471 g/mol. The van der Waals surface area contributed by atoms with Gasteiger partial charge in [0.05, 0.1) is 0 Å². The number of amides is 2. The minimum atomic E-state index is -1.20. The molecule has 3 aromatic heterocycles. The second kappa shape index (κ2) is 11.1. The number of anilines is 2. The van der Waals surface area contributed by atoms with Crippen LogP contribution in [0.5, 0.6) is 0 Å². The van der Waals surface area contributed by atoms with Gasteiger partial charge in [0.25, 0.3) is 0 Å². The molecule has 0 radical (unpaired) electrons. The molecule has 170 valence electrons. The van der Waals surface area contributed by atoms with Crippen LogP contribution < -0.4 is 10.6 Å². The number of thiophene rings is 1. The van der Waals surface area contributed by atoms with Crippen LogP contribution in [0.2, 0.25) is 0 Å². The second-order valence-electron chi connectivity index (χ2n) is 7.50. The molecule has 1 atom stereocenters. The molecule has 3 heterocycles. The second-order valence-corrected chi connectivity index (χ2v) is 8.48. The number of carbonyl (C=O) groups is 3. The van der Waals surface area contributed by atoms with Gasteiger partial charge in [-0.2, -0.15) is 0 Å². The van der Waals surface area contributed by atoms with Crippen molar-refractivity contribution in [2.24, 2.45) is 5.92 Å². The van der Waals surface area contributed by atoms with Crippen LogP contribution in [-0.2, 0) is 9.59 Å². The van der Waals surface area contributed by atoms with E-state index in [2.05, 4.69) is 20.6 Å². The van der Waals surface area contributed by atoms with Gasteiger partial charge in [-0.15, -0.1) is 11.3 Å². The zero-order chi connectivity index (χ0) is 23.8. The largest absolute Gasteiger partial charge is 0.310 e. The Labute approximate surface area is 200 Å². The Morgan fingerprint density at radius 1 is 0.735 bits per heavy atom. The maximum atomic E-state index is 13.5. The molecule has 2 N–H and O–H groups in total. The lowest BCUT2D eigenvalue weighted by Gasteiger charge is -2.24. The Bertz CT molecular complexity index is 1180. The van der Waals surface area contributed by atoms with E-state index in [4.69, 9.17) is 0 Å². The fraction of sp³-hybridized carbons (Fsp3) is 0.115. The Morgan fingerprint density at radius 3 is 1.82 bits per heavy atom. The predicted octanol–water partition coefficient (Wildman–Crippen LogP) is 4.79. The van der Waals surface area contributed by atoms with E-state index in [1.165, 1.54) is 11.3 Å². The van der Waals surface area contributed by atoms with Crippen molar-refractivity contribution >= 4 is 40.6 Å². The van der Waals surface area contributed by atoms with Crippen molar-refractivity contribution < 1.29 is 14.4 Å². The average Bonchev–Trinajstić information content (AvgIpc) is 3.40. The van der Waals surface area contributed by atoms with E-state index in [1.807, 2.05) is 23.6 Å². The van der Waals surface area contributed by atoms with Gasteiger partial charge in [-0.25, -0.2) is 9.97 Å². The van der Waals surface area contributed by atoms with Crippen molar-refractivity contribution in [2.75, 3.05) is 10.6 Å². The number of pyridine rings is 2. The summed E-state index contributed by atoms with van der Waals surface area (Å²) in [7, 11) is 0. The van der Waals surface area contributed by atoms with Gasteiger partial charge < -0.3 is 10.6 Å². The first-order chi connectivity index (χ1) is 16.6. The Balaban J connectivity index is 1.68. The number of nitrogens with zero attached hydrogens (tertiary/aromatic N) is 2. The fourth-order valence-electron chi connectivity index (χ4n) is 3.59. The number of nitrogens with one attached hydrogen (secondary N) is 2. The van der Waals surface area contributed by atoms with Gasteiger partial charge in [-0.05, 0) is 35.7 Å². The number of Topliss-reactive ketones (excluding diaryl/α,β-unsaturated/α-hetero) is 1. The monoisotopic (exact) mass is 470 g/mol. The number of rotatable bonds is 9. The third-order valence-corrected chi connectivity index (χ3v) is 6.21. The lowest BCUT2D eigenvalue weighted by atomic mass is 9.84. The van der Waals surface area contributed by atoms with Gasteiger partial charge in [0.1, 0.15) is 17.6 Å². The van der Waals surface area contributed by atoms with Gasteiger partial charge in [0.2, 0.25) is 11.8 Å². The molecule has 8 heteroatoms. The summed E-state index contributed by atoms with van der Waals surface area (Å²) < 4.78 is 0. The molecule has 0 aliphatic rings. The van der Waals surface area contributed by atoms with Gasteiger partial charge in [0, 0.05) is 35.2 Å². The number of carbonyl (C=O) groups excluding carboxylic acids is 3. The molecule has 4 rings (SSSR count). The summed E-state index contributed by atoms with van der Waals surface area (Å²) in [6.45, 7) is 0. The molecule has 0 bridgehead atoms. The number of benzene rings is 1. The molecule has 4 aromatic rings. The van der Waals surface area contributed by atoms with Crippen molar-refractivity contribution in [2.45, 2.75) is 12.3 Å². The molecule has 0 spiro atoms. The molecule has 0 aliphatic carbocycles. The van der Waals surface area contributed by atoms with Crippen LogP contribution >= 0.6 is 11.3 Å². The van der Waals surface area contributed by atoms with Crippen LogP contribution in [0, 0.1) is 5.92 Å². The Morgan fingerprint density at radius 2 is 1.32 bits per heavy atom. The van der Waals surface area contributed by atoms with Gasteiger partial charge in [-0.1, -0.05) is 48.5 Å². The highest BCUT2D eigenvalue weighted by molar-refractivity contribution is 7.10. The summed E-state index contributed by atoms with van der Waals surface area (Å²) in [4.78, 5) is 49.1. The number of aromatic nitrogens is 2. The summed E-state index contributed by atoms with van der Waals surface area (Å²) >= 11 is 1.40. The molecule has 0 saturated heterocycles. The molecule has 2 amide bonds. The molecule has 0 fully saturated rings. The van der Waals surface area contributed by atoms with Crippen molar-refractivity contribution in [1.82, 2.24) is 9.97 Å². The van der Waals surface area contributed by atoms with Crippen molar-refractivity contribution in [1.29, 1.82) is 0 Å². The number of hydrogen-bond donors (Lipinski definition) is 2. The quantitative estimate of drug-likeness (QED) is 0.271. The van der Waals surface area contributed by atoms with Crippen LogP contribution in [-0.4, -0.2) is 27.6 Å². The number of hydrogen-bond acceptors (Lipinski definition) is 6.